The number of amides is 2. The minimum absolute atomic E-state index is 0.138. The van der Waals surface area contributed by atoms with Crippen molar-refractivity contribution in [2.45, 2.75) is 46.5 Å². The highest BCUT2D eigenvalue weighted by Crippen LogP contribution is 2.32. The number of nitriles is 1. The summed E-state index contributed by atoms with van der Waals surface area (Å²) in [6.07, 6.45) is 7.96. The number of carbonyl (C=O) groups is 3. The molecule has 9 heteroatoms. The van der Waals surface area contributed by atoms with Gasteiger partial charge in [-0.2, -0.15) is 10.4 Å². The Kier molecular flexibility index (Phi) is 10.1. The molecule has 3 aromatic rings. The first-order valence-corrected chi connectivity index (χ1v) is 14.0. The number of ether oxygens (including phenoxy) is 2. The third kappa shape index (κ3) is 7.02. The van der Waals surface area contributed by atoms with Crippen molar-refractivity contribution < 1.29 is 23.9 Å². The maximum absolute atomic E-state index is 13.5. The van der Waals surface area contributed by atoms with Crippen LogP contribution in [0.5, 0.6) is 5.75 Å². The fourth-order valence-electron chi connectivity index (χ4n) is 4.63. The van der Waals surface area contributed by atoms with Gasteiger partial charge in [0, 0.05) is 29.8 Å². The minimum atomic E-state index is -0.713. The van der Waals surface area contributed by atoms with Crippen LogP contribution in [0, 0.1) is 11.3 Å². The number of hydrogen-bond donors (Lipinski definition) is 0. The van der Waals surface area contributed by atoms with Crippen LogP contribution in [-0.2, 0) is 19.1 Å². The van der Waals surface area contributed by atoms with Crippen LogP contribution >= 0.6 is 0 Å². The van der Waals surface area contributed by atoms with Crippen molar-refractivity contribution >= 4 is 23.9 Å². The van der Waals surface area contributed by atoms with Gasteiger partial charge in [0.05, 0.1) is 24.5 Å². The third-order valence-corrected chi connectivity index (χ3v) is 6.90. The molecule has 2 heterocycles. The van der Waals surface area contributed by atoms with Crippen molar-refractivity contribution in [2.75, 3.05) is 19.8 Å². The van der Waals surface area contributed by atoms with E-state index in [1.807, 2.05) is 66.9 Å². The largest absolute Gasteiger partial charge is 0.494 e. The van der Waals surface area contributed by atoms with Crippen molar-refractivity contribution in [1.82, 2.24) is 14.7 Å². The molecule has 1 aromatic heterocycles. The van der Waals surface area contributed by atoms with E-state index in [-0.39, 0.29) is 29.9 Å². The lowest BCUT2D eigenvalue weighted by Crippen LogP contribution is -2.44. The molecule has 0 atom stereocenters. The summed E-state index contributed by atoms with van der Waals surface area (Å²) in [6, 6.07) is 19.1. The van der Waals surface area contributed by atoms with Gasteiger partial charge in [-0.05, 0) is 61.4 Å². The molecule has 0 N–H and O–H groups in total. The van der Waals surface area contributed by atoms with Gasteiger partial charge in [0.1, 0.15) is 24.0 Å². The summed E-state index contributed by atoms with van der Waals surface area (Å²) in [5.74, 6) is -1.05. The molecule has 216 valence electrons. The molecule has 1 aliphatic heterocycles. The summed E-state index contributed by atoms with van der Waals surface area (Å²) in [7, 11) is 0. The molecule has 2 amide bonds. The Bertz CT molecular complexity index is 1550. The standard InChI is InChI=1S/C33H34N4O5/c1-4-5-6-10-18-42-28-15-13-25(14-16-28)31-26(22-37(35-31)27-11-8-7-9-12-27)20-29-23(2)30(21-34)33(40)36(32(29)39)17-19-41-24(3)38/h7-9,11-16,20,22H,4-6,10,17-19H2,1-3H3/b29-20+. The number of unbranched alkanes of at least 4 members (excludes halogenated alkanes) is 3. The smallest absolute Gasteiger partial charge is 0.302 e. The summed E-state index contributed by atoms with van der Waals surface area (Å²) >= 11 is 0. The van der Waals surface area contributed by atoms with E-state index in [4.69, 9.17) is 14.6 Å². The van der Waals surface area contributed by atoms with Crippen LogP contribution in [0.3, 0.4) is 0 Å². The topological polar surface area (TPSA) is 115 Å². The lowest BCUT2D eigenvalue weighted by molar-refractivity contribution is -0.147. The van der Waals surface area contributed by atoms with Gasteiger partial charge in [0.15, 0.2) is 0 Å². The molecule has 0 radical (unpaired) electrons. The number of carbonyl (C=O) groups excluding carboxylic acids is 3. The Morgan fingerprint density at radius 2 is 1.74 bits per heavy atom. The SMILES string of the molecule is CCCCCCOc1ccc(-c2nn(-c3ccccc3)cc2/C=C2/C(=O)N(CCOC(C)=O)C(=O)C(C#N)=C2C)cc1. The highest BCUT2D eigenvalue weighted by molar-refractivity contribution is 6.19. The van der Waals surface area contributed by atoms with E-state index in [1.165, 1.54) is 19.8 Å². The monoisotopic (exact) mass is 566 g/mol. The van der Waals surface area contributed by atoms with E-state index >= 15 is 0 Å². The zero-order valence-electron chi connectivity index (χ0n) is 24.1. The van der Waals surface area contributed by atoms with Crippen molar-refractivity contribution in [3.8, 4) is 28.8 Å². The normalized spacial score (nSPS) is 14.3. The molecule has 1 aliphatic rings. The minimum Gasteiger partial charge on any atom is -0.494 e. The molecule has 2 aromatic carbocycles. The first-order valence-electron chi connectivity index (χ1n) is 14.0. The van der Waals surface area contributed by atoms with Crippen molar-refractivity contribution in [1.29, 1.82) is 5.26 Å². The van der Waals surface area contributed by atoms with E-state index < -0.39 is 17.8 Å². The van der Waals surface area contributed by atoms with Crippen LogP contribution in [0.1, 0.15) is 52.0 Å². The number of esters is 1. The second-order valence-corrected chi connectivity index (χ2v) is 9.92. The number of hydrogen-bond acceptors (Lipinski definition) is 7. The van der Waals surface area contributed by atoms with Crippen LogP contribution in [0.25, 0.3) is 23.0 Å². The summed E-state index contributed by atoms with van der Waals surface area (Å²) in [6.45, 7) is 5.33. The highest BCUT2D eigenvalue weighted by Gasteiger charge is 2.35. The quantitative estimate of drug-likeness (QED) is 0.120. The molecule has 9 nitrogen and oxygen atoms in total. The van der Waals surface area contributed by atoms with Crippen LogP contribution < -0.4 is 4.74 Å². The van der Waals surface area contributed by atoms with Crippen LogP contribution in [0.15, 0.2) is 77.5 Å². The lowest BCUT2D eigenvalue weighted by atomic mass is 9.93. The zero-order chi connectivity index (χ0) is 30.1. The third-order valence-electron chi connectivity index (χ3n) is 6.90. The maximum Gasteiger partial charge on any atom is 0.302 e. The Labute approximate surface area is 245 Å². The maximum atomic E-state index is 13.5. The fraction of sp³-hybridized carbons (Fsp3) is 0.303. The van der Waals surface area contributed by atoms with E-state index in [9.17, 15) is 19.6 Å². The van der Waals surface area contributed by atoms with Gasteiger partial charge in [-0.15, -0.1) is 0 Å². The number of aromatic nitrogens is 2. The predicted molar refractivity (Wildman–Crippen MR) is 158 cm³/mol. The van der Waals surface area contributed by atoms with E-state index in [1.54, 1.807) is 17.7 Å². The van der Waals surface area contributed by atoms with Crippen molar-refractivity contribution in [2.24, 2.45) is 0 Å². The van der Waals surface area contributed by atoms with Gasteiger partial charge >= 0.3 is 5.97 Å². The van der Waals surface area contributed by atoms with Crippen LogP contribution in [-0.4, -0.2) is 52.2 Å². The van der Waals surface area contributed by atoms with Crippen LogP contribution in [0.4, 0.5) is 0 Å². The number of benzene rings is 2. The lowest BCUT2D eigenvalue weighted by Gasteiger charge is -2.27. The number of para-hydroxylation sites is 1. The Morgan fingerprint density at radius 3 is 2.40 bits per heavy atom. The summed E-state index contributed by atoms with van der Waals surface area (Å²) in [4.78, 5) is 38.6. The number of imide groups is 1. The number of rotatable bonds is 12. The molecule has 4 rings (SSSR count). The molecular weight excluding hydrogens is 532 g/mol. The summed E-state index contributed by atoms with van der Waals surface area (Å²) < 4.78 is 12.6. The van der Waals surface area contributed by atoms with Gasteiger partial charge in [-0.3, -0.25) is 19.3 Å². The molecule has 0 fully saturated rings. The first kappa shape index (κ1) is 30.0. The van der Waals surface area contributed by atoms with E-state index in [0.29, 0.717) is 17.9 Å². The van der Waals surface area contributed by atoms with Gasteiger partial charge in [0.25, 0.3) is 11.8 Å². The molecule has 0 aliphatic carbocycles. The van der Waals surface area contributed by atoms with Crippen molar-refractivity contribution in [3.63, 3.8) is 0 Å². The average molecular weight is 567 g/mol. The zero-order valence-corrected chi connectivity index (χ0v) is 24.1. The number of nitrogens with zero attached hydrogens (tertiary/aromatic N) is 4. The van der Waals surface area contributed by atoms with Gasteiger partial charge in [0.2, 0.25) is 0 Å². The Morgan fingerprint density at radius 1 is 1.00 bits per heavy atom. The molecule has 0 unspecified atom stereocenters. The van der Waals surface area contributed by atoms with Gasteiger partial charge in [-0.1, -0.05) is 44.4 Å². The average Bonchev–Trinajstić information content (AvgIpc) is 3.42. The van der Waals surface area contributed by atoms with Crippen molar-refractivity contribution in [3.05, 3.63) is 83.1 Å². The highest BCUT2D eigenvalue weighted by atomic mass is 16.5. The summed E-state index contributed by atoms with van der Waals surface area (Å²) in [5, 5.41) is 14.6. The summed E-state index contributed by atoms with van der Waals surface area (Å²) in [5.41, 5.74) is 3.21. The van der Waals surface area contributed by atoms with Gasteiger partial charge in [-0.25, -0.2) is 4.68 Å². The van der Waals surface area contributed by atoms with E-state index in [0.717, 1.165) is 34.7 Å². The van der Waals surface area contributed by atoms with E-state index in [2.05, 4.69) is 6.92 Å². The fourth-order valence-corrected chi connectivity index (χ4v) is 4.63. The van der Waals surface area contributed by atoms with Gasteiger partial charge < -0.3 is 9.47 Å². The molecule has 0 bridgehead atoms. The molecular formula is C33H34N4O5. The molecule has 0 spiro atoms. The first-order chi connectivity index (χ1) is 20.3. The Hall–Kier alpha value is -4.97. The molecule has 0 saturated heterocycles. The predicted octanol–water partition coefficient (Wildman–Crippen LogP) is 5.65. The second-order valence-electron chi connectivity index (χ2n) is 9.92. The molecule has 42 heavy (non-hydrogen) atoms. The Balaban J connectivity index is 1.72. The molecule has 0 saturated carbocycles. The van der Waals surface area contributed by atoms with Crippen LogP contribution in [0.2, 0.25) is 0 Å². The second kappa shape index (κ2) is 14.1.